The van der Waals surface area contributed by atoms with Gasteiger partial charge in [-0.1, -0.05) is 18.2 Å². The van der Waals surface area contributed by atoms with Crippen LogP contribution >= 0.6 is 0 Å². The molecule has 0 radical (unpaired) electrons. The van der Waals surface area contributed by atoms with Gasteiger partial charge in [0.1, 0.15) is 5.75 Å². The normalized spacial score (nSPS) is 10.3. The van der Waals surface area contributed by atoms with Gasteiger partial charge in [-0.3, -0.25) is 10.1 Å². The van der Waals surface area contributed by atoms with E-state index in [0.717, 1.165) is 0 Å². The maximum atomic E-state index is 10.8. The van der Waals surface area contributed by atoms with Gasteiger partial charge in [0.2, 0.25) is 0 Å². The van der Waals surface area contributed by atoms with Crippen LogP contribution in [-0.4, -0.2) is 11.0 Å². The highest BCUT2D eigenvalue weighted by atomic mass is 16.6. The first kappa shape index (κ1) is 13.9. The first-order valence-electron chi connectivity index (χ1n) is 6.24. The maximum Gasteiger partial charge on any atom is 0.273 e. The van der Waals surface area contributed by atoms with Crippen LogP contribution in [0.25, 0.3) is 0 Å². The molecule has 0 fully saturated rings. The van der Waals surface area contributed by atoms with Crippen molar-refractivity contribution in [3.63, 3.8) is 0 Å². The summed E-state index contributed by atoms with van der Waals surface area (Å²) in [5.74, 6) is 1.46. The Balaban J connectivity index is 2.33. The van der Waals surface area contributed by atoms with Gasteiger partial charge in [0.25, 0.3) is 5.69 Å². The van der Waals surface area contributed by atoms with Gasteiger partial charge in [-0.05, 0) is 32.0 Å². The van der Waals surface area contributed by atoms with Crippen molar-refractivity contribution in [2.75, 3.05) is 0 Å². The fraction of sp³-hybridized carbons (Fsp3) is 0.200. The lowest BCUT2D eigenvalue weighted by molar-refractivity contribution is -0.385. The average molecular weight is 273 g/mol. The van der Waals surface area contributed by atoms with Crippen LogP contribution < -0.4 is 9.47 Å². The third-order valence-electron chi connectivity index (χ3n) is 2.47. The number of nitrogens with zero attached hydrogens (tertiary/aromatic N) is 1. The highest BCUT2D eigenvalue weighted by molar-refractivity contribution is 5.50. The molecule has 20 heavy (non-hydrogen) atoms. The Kier molecular flexibility index (Phi) is 4.20. The molecule has 0 heterocycles. The van der Waals surface area contributed by atoms with Crippen molar-refractivity contribution in [2.45, 2.75) is 20.0 Å². The number of para-hydroxylation sites is 1. The van der Waals surface area contributed by atoms with Gasteiger partial charge in [-0.25, -0.2) is 0 Å². The number of nitro benzene ring substituents is 1. The predicted octanol–water partition coefficient (Wildman–Crippen LogP) is 4.17. The van der Waals surface area contributed by atoms with Gasteiger partial charge in [0.05, 0.1) is 17.1 Å². The fourth-order valence-electron chi connectivity index (χ4n) is 1.66. The van der Waals surface area contributed by atoms with Crippen molar-refractivity contribution < 1.29 is 14.4 Å². The third-order valence-corrected chi connectivity index (χ3v) is 2.47. The molecule has 0 bridgehead atoms. The third kappa shape index (κ3) is 3.47. The monoisotopic (exact) mass is 273 g/mol. The zero-order valence-electron chi connectivity index (χ0n) is 11.3. The molecule has 0 unspecified atom stereocenters. The van der Waals surface area contributed by atoms with Gasteiger partial charge in [0.15, 0.2) is 11.5 Å². The van der Waals surface area contributed by atoms with Crippen LogP contribution in [0.4, 0.5) is 5.69 Å². The molecule has 0 aliphatic rings. The number of rotatable bonds is 5. The van der Waals surface area contributed by atoms with Crippen LogP contribution in [0.5, 0.6) is 17.2 Å². The minimum Gasteiger partial charge on any atom is -0.487 e. The summed E-state index contributed by atoms with van der Waals surface area (Å²) in [6.45, 7) is 3.70. The number of ether oxygens (including phenoxy) is 2. The molecule has 0 atom stereocenters. The van der Waals surface area contributed by atoms with Crippen LogP contribution in [0.1, 0.15) is 13.8 Å². The van der Waals surface area contributed by atoms with Gasteiger partial charge in [-0.15, -0.1) is 0 Å². The quantitative estimate of drug-likeness (QED) is 0.605. The Hall–Kier alpha value is -2.56. The van der Waals surface area contributed by atoms with Crippen molar-refractivity contribution in [3.05, 3.63) is 58.6 Å². The molecule has 2 aromatic carbocycles. The molecule has 5 nitrogen and oxygen atoms in total. The van der Waals surface area contributed by atoms with Crippen LogP contribution in [0, 0.1) is 10.1 Å². The molecule has 0 aromatic heterocycles. The lowest BCUT2D eigenvalue weighted by Crippen LogP contribution is -2.07. The predicted molar refractivity (Wildman–Crippen MR) is 75.4 cm³/mol. The van der Waals surface area contributed by atoms with Crippen molar-refractivity contribution >= 4 is 5.69 Å². The highest BCUT2D eigenvalue weighted by Crippen LogP contribution is 2.35. The van der Waals surface area contributed by atoms with Crippen molar-refractivity contribution in [3.8, 4) is 17.2 Å². The molecular formula is C15H15NO4. The summed E-state index contributed by atoms with van der Waals surface area (Å²) in [5.41, 5.74) is -0.0268. The first-order valence-corrected chi connectivity index (χ1v) is 6.24. The van der Waals surface area contributed by atoms with Gasteiger partial charge in [-0.2, -0.15) is 0 Å². The smallest absolute Gasteiger partial charge is 0.273 e. The number of hydrogen-bond donors (Lipinski definition) is 0. The fourth-order valence-corrected chi connectivity index (χ4v) is 1.66. The molecule has 0 saturated carbocycles. The lowest BCUT2D eigenvalue weighted by Gasteiger charge is -2.14. The number of nitro groups is 1. The Labute approximate surface area is 116 Å². The minimum atomic E-state index is -0.459. The van der Waals surface area contributed by atoms with Gasteiger partial charge in [0, 0.05) is 6.07 Å². The zero-order valence-corrected chi connectivity index (χ0v) is 11.3. The highest BCUT2D eigenvalue weighted by Gasteiger charge is 2.14. The molecule has 2 rings (SSSR count). The summed E-state index contributed by atoms with van der Waals surface area (Å²) in [6, 6.07) is 13.5. The molecule has 0 aliphatic carbocycles. The molecule has 104 valence electrons. The van der Waals surface area contributed by atoms with Crippen LogP contribution in [0.15, 0.2) is 48.5 Å². The van der Waals surface area contributed by atoms with E-state index in [9.17, 15) is 10.1 Å². The van der Waals surface area contributed by atoms with E-state index < -0.39 is 4.92 Å². The van der Waals surface area contributed by atoms with E-state index in [1.165, 1.54) is 12.1 Å². The summed E-state index contributed by atoms with van der Waals surface area (Å²) in [7, 11) is 0. The number of non-ortho nitro benzene ring substituents is 1. The second-order valence-electron chi connectivity index (χ2n) is 4.47. The summed E-state index contributed by atoms with van der Waals surface area (Å²) in [6.07, 6.45) is -0.102. The van der Waals surface area contributed by atoms with Gasteiger partial charge < -0.3 is 9.47 Å². The summed E-state index contributed by atoms with van der Waals surface area (Å²) in [4.78, 5) is 10.4. The number of hydrogen-bond acceptors (Lipinski definition) is 4. The maximum absolute atomic E-state index is 10.8. The van der Waals surface area contributed by atoms with E-state index in [-0.39, 0.29) is 11.8 Å². The Bertz CT molecular complexity index is 596. The van der Waals surface area contributed by atoms with E-state index in [1.54, 1.807) is 18.2 Å². The molecule has 5 heteroatoms. The van der Waals surface area contributed by atoms with E-state index in [0.29, 0.717) is 17.2 Å². The standard InChI is InChI=1S/C15H15NO4/c1-11(2)19-15-10-12(16(17)18)8-9-14(15)20-13-6-4-3-5-7-13/h3-11H,1-2H3. The van der Waals surface area contributed by atoms with Crippen molar-refractivity contribution in [2.24, 2.45) is 0 Å². The Morgan fingerprint density at radius 2 is 1.75 bits per heavy atom. The second kappa shape index (κ2) is 6.06. The molecule has 0 amide bonds. The van der Waals surface area contributed by atoms with Gasteiger partial charge >= 0.3 is 0 Å². The molecule has 0 saturated heterocycles. The SMILES string of the molecule is CC(C)Oc1cc([N+](=O)[O-])ccc1Oc1ccccc1. The van der Waals surface area contributed by atoms with E-state index in [4.69, 9.17) is 9.47 Å². The number of benzene rings is 2. The molecular weight excluding hydrogens is 258 g/mol. The van der Waals surface area contributed by atoms with E-state index in [2.05, 4.69) is 0 Å². The van der Waals surface area contributed by atoms with Crippen molar-refractivity contribution in [1.29, 1.82) is 0 Å². The largest absolute Gasteiger partial charge is 0.487 e. The Morgan fingerprint density at radius 1 is 1.05 bits per heavy atom. The molecule has 0 spiro atoms. The van der Waals surface area contributed by atoms with E-state index >= 15 is 0 Å². The zero-order chi connectivity index (χ0) is 14.5. The van der Waals surface area contributed by atoms with Crippen molar-refractivity contribution in [1.82, 2.24) is 0 Å². The molecule has 0 N–H and O–H groups in total. The van der Waals surface area contributed by atoms with Crippen LogP contribution in [0.2, 0.25) is 0 Å². The van der Waals surface area contributed by atoms with Crippen LogP contribution in [0.3, 0.4) is 0 Å². The van der Waals surface area contributed by atoms with E-state index in [1.807, 2.05) is 32.0 Å². The first-order chi connectivity index (χ1) is 9.56. The minimum absolute atomic E-state index is 0.0268. The topological polar surface area (TPSA) is 61.6 Å². The summed E-state index contributed by atoms with van der Waals surface area (Å²) < 4.78 is 11.3. The van der Waals surface area contributed by atoms with Crippen LogP contribution in [-0.2, 0) is 0 Å². The summed E-state index contributed by atoms with van der Waals surface area (Å²) in [5, 5.41) is 10.8. The molecule has 0 aliphatic heterocycles. The average Bonchev–Trinajstić information content (AvgIpc) is 2.41. The summed E-state index contributed by atoms with van der Waals surface area (Å²) >= 11 is 0. The Morgan fingerprint density at radius 3 is 2.35 bits per heavy atom. The lowest BCUT2D eigenvalue weighted by atomic mass is 10.2. The second-order valence-corrected chi connectivity index (χ2v) is 4.47. The molecule has 2 aromatic rings.